The Kier molecular flexibility index (Phi) is 5.71. The van der Waals surface area contributed by atoms with Gasteiger partial charge in [0.15, 0.2) is 0 Å². The topological polar surface area (TPSA) is 58.6 Å². The summed E-state index contributed by atoms with van der Waals surface area (Å²) in [4.78, 5) is 11.9. The third-order valence-electron chi connectivity index (χ3n) is 3.57. The van der Waals surface area contributed by atoms with Gasteiger partial charge in [-0.3, -0.25) is 4.79 Å². The first-order valence-electron chi connectivity index (χ1n) is 7.33. The number of rotatable bonds is 6. The lowest BCUT2D eigenvalue weighted by Crippen LogP contribution is -2.24. The van der Waals surface area contributed by atoms with Crippen LogP contribution < -0.4 is 10.1 Å². The summed E-state index contributed by atoms with van der Waals surface area (Å²) in [7, 11) is 1.60. The maximum Gasteiger partial charge on any atom is 0.223 e. The Hall–Kier alpha value is -2.40. The normalized spacial score (nSPS) is 11.8. The molecule has 2 N–H and O–H groups in total. The van der Waals surface area contributed by atoms with Gasteiger partial charge in [-0.25, -0.2) is 4.39 Å². The summed E-state index contributed by atoms with van der Waals surface area (Å²) in [6.45, 7) is 2.28. The van der Waals surface area contributed by atoms with Crippen molar-refractivity contribution < 1.29 is 19.0 Å². The molecular formula is C18H20FNO3. The van der Waals surface area contributed by atoms with Crippen molar-refractivity contribution in [3.63, 3.8) is 0 Å². The molecule has 0 heterocycles. The number of aliphatic hydroxyl groups excluding tert-OH is 1. The van der Waals surface area contributed by atoms with Gasteiger partial charge in [0.25, 0.3) is 0 Å². The highest BCUT2D eigenvalue weighted by Gasteiger charge is 2.13. The zero-order valence-electron chi connectivity index (χ0n) is 13.2. The van der Waals surface area contributed by atoms with E-state index in [1.807, 2.05) is 25.1 Å². The lowest BCUT2D eigenvalue weighted by molar-refractivity contribution is -0.123. The van der Waals surface area contributed by atoms with Gasteiger partial charge in [0.05, 0.1) is 19.6 Å². The van der Waals surface area contributed by atoms with Crippen LogP contribution in [0.1, 0.15) is 29.2 Å². The highest BCUT2D eigenvalue weighted by molar-refractivity contribution is 5.76. The number of hydrogen-bond donors (Lipinski definition) is 2. The van der Waals surface area contributed by atoms with Gasteiger partial charge in [0, 0.05) is 6.54 Å². The molecule has 0 radical (unpaired) electrons. The molecule has 0 aliphatic carbocycles. The second-order valence-electron chi connectivity index (χ2n) is 5.36. The molecule has 0 aliphatic rings. The van der Waals surface area contributed by atoms with E-state index in [1.165, 1.54) is 18.2 Å². The smallest absolute Gasteiger partial charge is 0.223 e. The second kappa shape index (κ2) is 7.74. The minimum Gasteiger partial charge on any atom is -0.496 e. The zero-order valence-corrected chi connectivity index (χ0v) is 13.2. The number of carbonyl (C=O) groups excluding carboxylic acids is 1. The molecule has 1 atom stereocenters. The number of hydrogen-bond acceptors (Lipinski definition) is 3. The van der Waals surface area contributed by atoms with Gasteiger partial charge in [-0.15, -0.1) is 0 Å². The predicted molar refractivity (Wildman–Crippen MR) is 85.6 cm³/mol. The molecule has 0 spiro atoms. The molecule has 2 aromatic rings. The van der Waals surface area contributed by atoms with E-state index in [9.17, 15) is 14.3 Å². The number of carbonyl (C=O) groups is 1. The number of ether oxygens (including phenoxy) is 1. The molecule has 23 heavy (non-hydrogen) atoms. The minimum atomic E-state index is -1.03. The molecule has 0 bridgehead atoms. The van der Waals surface area contributed by atoms with Crippen molar-refractivity contribution in [3.05, 3.63) is 65.0 Å². The summed E-state index contributed by atoms with van der Waals surface area (Å²) >= 11 is 0. The van der Waals surface area contributed by atoms with E-state index in [0.717, 1.165) is 16.9 Å². The average molecular weight is 317 g/mol. The number of amides is 1. The predicted octanol–water partition coefficient (Wildman–Crippen LogP) is 2.88. The first-order chi connectivity index (χ1) is 11.0. The number of halogens is 1. The monoisotopic (exact) mass is 317 g/mol. The summed E-state index contributed by atoms with van der Waals surface area (Å²) in [5.74, 6) is 0.0200. The maximum atomic E-state index is 13.1. The van der Waals surface area contributed by atoms with Crippen LogP contribution in [0.5, 0.6) is 5.75 Å². The van der Waals surface area contributed by atoms with Gasteiger partial charge >= 0.3 is 0 Å². The van der Waals surface area contributed by atoms with Crippen molar-refractivity contribution in [1.29, 1.82) is 0 Å². The van der Waals surface area contributed by atoms with Gasteiger partial charge in [0.1, 0.15) is 11.6 Å². The Morgan fingerprint density at radius 2 is 2.09 bits per heavy atom. The molecule has 0 saturated heterocycles. The molecule has 1 amide bonds. The van der Waals surface area contributed by atoms with Gasteiger partial charge in [-0.2, -0.15) is 0 Å². The Bertz CT molecular complexity index is 688. The zero-order chi connectivity index (χ0) is 16.8. The van der Waals surface area contributed by atoms with Crippen LogP contribution in [0.25, 0.3) is 0 Å². The molecule has 2 rings (SSSR count). The first kappa shape index (κ1) is 17.0. The molecular weight excluding hydrogens is 297 g/mol. The summed E-state index contributed by atoms with van der Waals surface area (Å²) < 4.78 is 18.4. The maximum absolute atomic E-state index is 13.1. The molecule has 5 heteroatoms. The van der Waals surface area contributed by atoms with Crippen LogP contribution in [0.3, 0.4) is 0 Å². The number of methoxy groups -OCH3 is 1. The number of benzene rings is 2. The summed E-state index contributed by atoms with van der Waals surface area (Å²) in [5.41, 5.74) is 2.31. The van der Waals surface area contributed by atoms with Crippen LogP contribution in [-0.2, 0) is 11.3 Å². The van der Waals surface area contributed by atoms with Crippen LogP contribution in [-0.4, -0.2) is 18.1 Å². The molecule has 4 nitrogen and oxygen atoms in total. The van der Waals surface area contributed by atoms with Crippen molar-refractivity contribution in [2.75, 3.05) is 7.11 Å². The van der Waals surface area contributed by atoms with Gasteiger partial charge in [-0.1, -0.05) is 24.3 Å². The number of nitrogens with one attached hydrogen (secondary N) is 1. The second-order valence-corrected chi connectivity index (χ2v) is 5.36. The van der Waals surface area contributed by atoms with Crippen molar-refractivity contribution >= 4 is 5.91 Å². The van der Waals surface area contributed by atoms with E-state index in [4.69, 9.17) is 4.74 Å². The van der Waals surface area contributed by atoms with E-state index in [2.05, 4.69) is 5.32 Å². The lowest BCUT2D eigenvalue weighted by atomic mass is 10.1. The number of aryl methyl sites for hydroxylation is 1. The number of aliphatic hydroxyl groups is 1. The fraction of sp³-hybridized carbons (Fsp3) is 0.278. The fourth-order valence-electron chi connectivity index (χ4n) is 2.25. The largest absolute Gasteiger partial charge is 0.496 e. The van der Waals surface area contributed by atoms with Crippen molar-refractivity contribution in [2.24, 2.45) is 0 Å². The van der Waals surface area contributed by atoms with E-state index < -0.39 is 11.9 Å². The highest BCUT2D eigenvalue weighted by Crippen LogP contribution is 2.19. The van der Waals surface area contributed by atoms with E-state index in [-0.39, 0.29) is 12.3 Å². The fourth-order valence-corrected chi connectivity index (χ4v) is 2.25. The van der Waals surface area contributed by atoms with E-state index in [0.29, 0.717) is 12.1 Å². The molecule has 2 aromatic carbocycles. The van der Waals surface area contributed by atoms with Crippen molar-refractivity contribution in [2.45, 2.75) is 26.0 Å². The summed E-state index contributed by atoms with van der Waals surface area (Å²) in [6, 6.07) is 11.3. The highest BCUT2D eigenvalue weighted by atomic mass is 19.1. The third kappa shape index (κ3) is 4.79. The van der Waals surface area contributed by atoms with Crippen LogP contribution in [0.15, 0.2) is 42.5 Å². The molecule has 0 aromatic heterocycles. The molecule has 0 saturated carbocycles. The van der Waals surface area contributed by atoms with Gasteiger partial charge < -0.3 is 15.2 Å². The van der Waals surface area contributed by atoms with Crippen LogP contribution in [0.2, 0.25) is 0 Å². The minimum absolute atomic E-state index is 0.119. The Balaban J connectivity index is 1.90. The van der Waals surface area contributed by atoms with Crippen molar-refractivity contribution in [1.82, 2.24) is 5.32 Å². The van der Waals surface area contributed by atoms with Crippen LogP contribution in [0, 0.1) is 12.7 Å². The van der Waals surface area contributed by atoms with Gasteiger partial charge in [-0.05, 0) is 41.8 Å². The average Bonchev–Trinajstić information content (AvgIpc) is 2.54. The summed E-state index contributed by atoms with van der Waals surface area (Å²) in [5, 5.41) is 12.7. The lowest BCUT2D eigenvalue weighted by Gasteiger charge is -2.12. The van der Waals surface area contributed by atoms with E-state index in [1.54, 1.807) is 13.2 Å². The van der Waals surface area contributed by atoms with E-state index >= 15 is 0 Å². The SMILES string of the molecule is COc1cc(CNC(=O)CC(O)c2cccc(F)c2)ccc1C. The molecule has 0 fully saturated rings. The standard InChI is InChI=1S/C18H20FNO3/c1-12-6-7-13(8-17(12)23-2)11-20-18(22)10-16(21)14-4-3-5-15(19)9-14/h3-9,16,21H,10-11H2,1-2H3,(H,20,22). The van der Waals surface area contributed by atoms with Crippen LogP contribution in [0.4, 0.5) is 4.39 Å². The molecule has 0 aliphatic heterocycles. The quantitative estimate of drug-likeness (QED) is 0.861. The molecule has 1 unspecified atom stereocenters. The molecule has 122 valence electrons. The van der Waals surface area contributed by atoms with Gasteiger partial charge in [0.2, 0.25) is 5.91 Å². The third-order valence-corrected chi connectivity index (χ3v) is 3.57. The van der Waals surface area contributed by atoms with Crippen molar-refractivity contribution in [3.8, 4) is 5.75 Å². The summed E-state index contributed by atoms with van der Waals surface area (Å²) in [6.07, 6.45) is -1.15. The Morgan fingerprint density at radius 1 is 1.30 bits per heavy atom. The first-order valence-corrected chi connectivity index (χ1v) is 7.33. The Morgan fingerprint density at radius 3 is 2.78 bits per heavy atom. The van der Waals surface area contributed by atoms with Crippen LogP contribution >= 0.6 is 0 Å². The Labute approximate surface area is 134 Å².